The molecular weight excluding hydrogens is 284 g/mol. The molecule has 0 aromatic heterocycles. The molecule has 0 unspecified atom stereocenters. The van der Waals surface area contributed by atoms with Gasteiger partial charge in [-0.25, -0.2) is 4.79 Å². The molecule has 0 heterocycles. The zero-order valence-corrected chi connectivity index (χ0v) is 12.3. The van der Waals surface area contributed by atoms with E-state index in [1.54, 1.807) is 6.92 Å². The van der Waals surface area contributed by atoms with Crippen LogP contribution in [0.25, 0.3) is 0 Å². The summed E-state index contributed by atoms with van der Waals surface area (Å²) in [4.78, 5) is 29.0. The van der Waals surface area contributed by atoms with Gasteiger partial charge in [0.05, 0.1) is 0 Å². The Morgan fingerprint density at radius 1 is 1.00 bits per heavy atom. The smallest absolute Gasteiger partial charge is 0.327 e. The second-order valence-electron chi connectivity index (χ2n) is 4.11. The normalized spacial score (nSPS) is 9.33. The summed E-state index contributed by atoms with van der Waals surface area (Å²) in [5.74, 6) is -4.18. The van der Waals surface area contributed by atoms with Gasteiger partial charge in [-0.2, -0.15) is 0 Å². The maximum Gasteiger partial charge on any atom is 0.327 e. The second kappa shape index (κ2) is 14.5. The maximum absolute atomic E-state index is 9.90. The van der Waals surface area contributed by atoms with Gasteiger partial charge in [0.2, 0.25) is 0 Å². The number of carbonyl (C=O) groups is 3. The zero-order chi connectivity index (χ0) is 17.5. The van der Waals surface area contributed by atoms with Crippen molar-refractivity contribution in [2.75, 3.05) is 0 Å². The molecule has 0 rings (SSSR count). The summed E-state index contributed by atoms with van der Waals surface area (Å²) in [6.07, 6.45) is 2.23. The molecule has 0 bridgehead atoms. The van der Waals surface area contributed by atoms with Crippen molar-refractivity contribution >= 4 is 17.9 Å². The minimum Gasteiger partial charge on any atom is -0.481 e. The summed E-state index contributed by atoms with van der Waals surface area (Å²) in [6.45, 7) is 6.02. The molecule has 0 saturated carbocycles. The van der Waals surface area contributed by atoms with E-state index in [9.17, 15) is 14.4 Å². The van der Waals surface area contributed by atoms with Crippen molar-refractivity contribution in [3.05, 3.63) is 12.7 Å². The van der Waals surface area contributed by atoms with E-state index in [1.807, 2.05) is 0 Å². The van der Waals surface area contributed by atoms with E-state index in [0.717, 1.165) is 6.08 Å². The first-order valence-corrected chi connectivity index (χ1v) is 6.20. The third-order valence-corrected chi connectivity index (χ3v) is 1.88. The molecule has 0 atom stereocenters. The Morgan fingerprint density at radius 3 is 1.33 bits per heavy atom. The Balaban J connectivity index is -0.000000252. The van der Waals surface area contributed by atoms with Crippen molar-refractivity contribution in [3.8, 4) is 0 Å². The van der Waals surface area contributed by atoms with Crippen molar-refractivity contribution in [1.82, 2.24) is 0 Å². The van der Waals surface area contributed by atoms with Crippen molar-refractivity contribution in [2.45, 2.75) is 51.7 Å². The molecular formula is C13H24O8. The molecule has 0 saturated heterocycles. The van der Waals surface area contributed by atoms with E-state index in [4.69, 9.17) is 25.5 Å². The zero-order valence-electron chi connectivity index (χ0n) is 12.3. The Hall–Kier alpha value is -1.93. The van der Waals surface area contributed by atoms with Gasteiger partial charge in [0.15, 0.2) is 5.79 Å². The van der Waals surface area contributed by atoms with Gasteiger partial charge < -0.3 is 25.5 Å². The third-order valence-electron chi connectivity index (χ3n) is 1.88. The average molecular weight is 308 g/mol. The topological polar surface area (TPSA) is 152 Å². The van der Waals surface area contributed by atoms with Gasteiger partial charge in [-0.1, -0.05) is 13.5 Å². The van der Waals surface area contributed by atoms with Gasteiger partial charge in [0, 0.05) is 18.9 Å². The maximum atomic E-state index is 9.90. The van der Waals surface area contributed by atoms with Gasteiger partial charge in [0.25, 0.3) is 0 Å². The summed E-state index contributed by atoms with van der Waals surface area (Å²) >= 11 is 0. The largest absolute Gasteiger partial charge is 0.481 e. The highest BCUT2D eigenvalue weighted by Gasteiger charge is 2.08. The fourth-order valence-electron chi connectivity index (χ4n) is 0.552. The van der Waals surface area contributed by atoms with Crippen LogP contribution in [0.5, 0.6) is 0 Å². The molecule has 0 aliphatic rings. The molecule has 0 aromatic carbocycles. The lowest BCUT2D eigenvalue weighted by molar-refractivity contribution is -0.146. The van der Waals surface area contributed by atoms with Crippen LogP contribution in [0, 0.1) is 0 Å². The lowest BCUT2D eigenvalue weighted by atomic mass is 10.2. The van der Waals surface area contributed by atoms with Crippen LogP contribution in [0.4, 0.5) is 0 Å². The fourth-order valence-corrected chi connectivity index (χ4v) is 0.552. The highest BCUT2D eigenvalue weighted by molar-refractivity contribution is 5.78. The summed E-state index contributed by atoms with van der Waals surface area (Å²) in [6, 6.07) is 0. The van der Waals surface area contributed by atoms with Gasteiger partial charge in [0.1, 0.15) is 0 Å². The summed E-state index contributed by atoms with van der Waals surface area (Å²) < 4.78 is 0. The molecule has 0 amide bonds. The highest BCUT2D eigenvalue weighted by atomic mass is 16.5. The molecule has 0 fully saturated rings. The molecule has 124 valence electrons. The molecule has 21 heavy (non-hydrogen) atoms. The van der Waals surface area contributed by atoms with E-state index in [-0.39, 0.29) is 12.8 Å². The number of unbranched alkanes of at least 4 members (excludes halogenated alkanes) is 1. The highest BCUT2D eigenvalue weighted by Crippen LogP contribution is 1.99. The third kappa shape index (κ3) is 46.0. The minimum absolute atomic E-state index is 0.0628. The molecule has 0 aromatic rings. The molecule has 5 N–H and O–H groups in total. The van der Waals surface area contributed by atoms with Crippen LogP contribution in [0.15, 0.2) is 12.7 Å². The fraction of sp³-hybridized carbons (Fsp3) is 0.615. The van der Waals surface area contributed by atoms with E-state index >= 15 is 0 Å². The van der Waals surface area contributed by atoms with E-state index in [2.05, 4.69) is 6.58 Å². The Bertz CT molecular complexity index is 301. The molecule has 0 radical (unpaired) electrons. The molecule has 0 aliphatic carbocycles. The molecule has 8 nitrogen and oxygen atoms in total. The lowest BCUT2D eigenvalue weighted by Crippen LogP contribution is -2.20. The van der Waals surface area contributed by atoms with Crippen LogP contribution in [0.3, 0.4) is 0 Å². The minimum atomic E-state index is -1.46. The molecule has 0 spiro atoms. The Kier molecular flexibility index (Phi) is 16.6. The van der Waals surface area contributed by atoms with Crippen molar-refractivity contribution in [2.24, 2.45) is 0 Å². The van der Waals surface area contributed by atoms with E-state index in [1.165, 1.54) is 6.92 Å². The SMILES string of the molecule is C=CC(=O)O.CCC(C)(O)O.O=C(O)CCCCC(=O)O. The van der Waals surface area contributed by atoms with Crippen LogP contribution in [-0.2, 0) is 14.4 Å². The summed E-state index contributed by atoms with van der Waals surface area (Å²) in [5, 5.41) is 40.6. The van der Waals surface area contributed by atoms with Gasteiger partial charge >= 0.3 is 17.9 Å². The van der Waals surface area contributed by atoms with Gasteiger partial charge in [-0.15, -0.1) is 0 Å². The molecule has 0 aliphatic heterocycles. The number of hydrogen-bond donors (Lipinski definition) is 5. The summed E-state index contributed by atoms with van der Waals surface area (Å²) in [5.41, 5.74) is 0. The van der Waals surface area contributed by atoms with Gasteiger partial charge in [-0.05, 0) is 26.2 Å². The molecule has 8 heteroatoms. The van der Waals surface area contributed by atoms with Crippen LogP contribution < -0.4 is 0 Å². The lowest BCUT2D eigenvalue weighted by Gasteiger charge is -2.10. The van der Waals surface area contributed by atoms with Crippen LogP contribution in [0.2, 0.25) is 0 Å². The van der Waals surface area contributed by atoms with Crippen LogP contribution >= 0.6 is 0 Å². The van der Waals surface area contributed by atoms with Crippen LogP contribution in [-0.4, -0.2) is 49.2 Å². The number of aliphatic carboxylic acids is 3. The first-order chi connectivity index (χ1) is 9.46. The number of rotatable bonds is 7. The van der Waals surface area contributed by atoms with Crippen molar-refractivity contribution in [3.63, 3.8) is 0 Å². The van der Waals surface area contributed by atoms with Crippen molar-refractivity contribution < 1.29 is 39.9 Å². The van der Waals surface area contributed by atoms with E-state index < -0.39 is 23.7 Å². The second-order valence-corrected chi connectivity index (χ2v) is 4.11. The first-order valence-electron chi connectivity index (χ1n) is 6.20. The number of carboxylic acids is 3. The average Bonchev–Trinajstić information content (AvgIpc) is 2.35. The quantitative estimate of drug-likeness (QED) is 0.266. The first kappa shape index (κ1) is 24.1. The van der Waals surface area contributed by atoms with Crippen molar-refractivity contribution in [1.29, 1.82) is 0 Å². The Labute approximate surface area is 123 Å². The predicted molar refractivity (Wildman–Crippen MR) is 74.7 cm³/mol. The van der Waals surface area contributed by atoms with E-state index in [0.29, 0.717) is 19.3 Å². The number of aliphatic hydroxyl groups is 2. The standard InChI is InChI=1S/C6H10O4.C4H10O2.C3H4O2/c7-5(8)3-1-2-4-6(9)10;1-3-4(2,5)6;1-2-3(4)5/h1-4H2,(H,7,8)(H,9,10);5-6H,3H2,1-2H3;2H,1H2,(H,4,5). The van der Waals surface area contributed by atoms with Crippen LogP contribution in [0.1, 0.15) is 46.0 Å². The Morgan fingerprint density at radius 2 is 1.24 bits per heavy atom. The summed E-state index contributed by atoms with van der Waals surface area (Å²) in [7, 11) is 0. The van der Waals surface area contributed by atoms with Gasteiger partial charge in [-0.3, -0.25) is 9.59 Å². The number of hydrogen-bond acceptors (Lipinski definition) is 5. The number of carboxylic acid groups (broad SMARTS) is 3. The monoisotopic (exact) mass is 308 g/mol. The predicted octanol–water partition coefficient (Wildman–Crippen LogP) is 1.07.